The highest BCUT2D eigenvalue weighted by molar-refractivity contribution is 5.80. The lowest BCUT2D eigenvalue weighted by molar-refractivity contribution is -0.132. The van der Waals surface area contributed by atoms with Gasteiger partial charge in [0.2, 0.25) is 5.91 Å². The van der Waals surface area contributed by atoms with Crippen molar-refractivity contribution in [1.82, 2.24) is 4.90 Å². The lowest BCUT2D eigenvalue weighted by atomic mass is 9.93. The van der Waals surface area contributed by atoms with Crippen molar-refractivity contribution in [2.75, 3.05) is 0 Å². The lowest BCUT2D eigenvalue weighted by Crippen LogP contribution is -2.48. The quantitative estimate of drug-likeness (QED) is 0.678. The van der Waals surface area contributed by atoms with Gasteiger partial charge in [-0.2, -0.15) is 0 Å². The predicted octanol–water partition coefficient (Wildman–Crippen LogP) is 2.64. The van der Waals surface area contributed by atoms with Gasteiger partial charge in [0.1, 0.15) is 5.75 Å². The molecular formula is C21H24N2O3. The first kappa shape index (κ1) is 18.1. The first-order chi connectivity index (χ1) is 12.3. The number of hydrogen-bond donors (Lipinski definition) is 1. The molecule has 3 rings (SSSR count). The van der Waals surface area contributed by atoms with Gasteiger partial charge < -0.3 is 10.5 Å². The smallest absolute Gasteiger partial charge is 0.308 e. The summed E-state index contributed by atoms with van der Waals surface area (Å²) < 4.78 is 5.30. The van der Waals surface area contributed by atoms with Crippen molar-refractivity contribution >= 4 is 11.9 Å². The third-order valence-electron chi connectivity index (χ3n) is 4.83. The molecule has 2 aromatic rings. The van der Waals surface area contributed by atoms with E-state index >= 15 is 0 Å². The van der Waals surface area contributed by atoms with Crippen LogP contribution in [0, 0.1) is 13.8 Å². The monoisotopic (exact) mass is 352 g/mol. The number of hydrogen-bond acceptors (Lipinski definition) is 4. The summed E-state index contributed by atoms with van der Waals surface area (Å²) in [6, 6.07) is 11.9. The van der Waals surface area contributed by atoms with E-state index in [0.717, 1.165) is 16.7 Å². The predicted molar refractivity (Wildman–Crippen MR) is 99.6 cm³/mol. The fraction of sp³-hybridized carbons (Fsp3) is 0.333. The second kappa shape index (κ2) is 7.30. The Balaban J connectivity index is 1.87. The van der Waals surface area contributed by atoms with Crippen LogP contribution in [0.3, 0.4) is 0 Å². The zero-order valence-corrected chi connectivity index (χ0v) is 15.4. The van der Waals surface area contributed by atoms with Crippen molar-refractivity contribution in [2.45, 2.75) is 46.3 Å². The molecule has 0 aliphatic carbocycles. The number of aryl methyl sites for hydroxylation is 2. The summed E-state index contributed by atoms with van der Waals surface area (Å²) in [6.45, 7) is 6.55. The number of esters is 1. The van der Waals surface area contributed by atoms with E-state index in [1.807, 2.05) is 38.1 Å². The van der Waals surface area contributed by atoms with E-state index in [0.29, 0.717) is 25.3 Å². The summed E-state index contributed by atoms with van der Waals surface area (Å²) in [4.78, 5) is 25.4. The van der Waals surface area contributed by atoms with Gasteiger partial charge in [-0.3, -0.25) is 14.5 Å². The first-order valence-electron chi connectivity index (χ1n) is 8.74. The fourth-order valence-electron chi connectivity index (χ4n) is 3.69. The average molecular weight is 352 g/mol. The molecule has 2 N–H and O–H groups in total. The van der Waals surface area contributed by atoms with Crippen LogP contribution >= 0.6 is 0 Å². The topological polar surface area (TPSA) is 72.6 Å². The van der Waals surface area contributed by atoms with Crippen LogP contribution in [0.1, 0.15) is 34.7 Å². The van der Waals surface area contributed by atoms with Crippen molar-refractivity contribution in [3.8, 4) is 5.75 Å². The van der Waals surface area contributed by atoms with E-state index in [9.17, 15) is 9.59 Å². The minimum atomic E-state index is -0.328. The van der Waals surface area contributed by atoms with Gasteiger partial charge in [0.15, 0.2) is 0 Å². The molecule has 1 aliphatic heterocycles. The number of nitrogens with two attached hydrogens (primary N) is 1. The zero-order valence-electron chi connectivity index (χ0n) is 15.4. The van der Waals surface area contributed by atoms with Gasteiger partial charge in [-0.15, -0.1) is 0 Å². The second-order valence-electron chi connectivity index (χ2n) is 6.95. The summed E-state index contributed by atoms with van der Waals surface area (Å²) in [5.74, 6) is -0.0217. The van der Waals surface area contributed by atoms with Crippen LogP contribution in [-0.2, 0) is 29.1 Å². The molecule has 0 saturated carbocycles. The Hall–Kier alpha value is -2.66. The zero-order chi connectivity index (χ0) is 18.8. The van der Waals surface area contributed by atoms with Crippen LogP contribution in [0.4, 0.5) is 0 Å². The van der Waals surface area contributed by atoms with Crippen LogP contribution in [0.25, 0.3) is 0 Å². The van der Waals surface area contributed by atoms with Crippen LogP contribution < -0.4 is 10.5 Å². The maximum absolute atomic E-state index is 12.0. The van der Waals surface area contributed by atoms with Gasteiger partial charge in [-0.1, -0.05) is 36.4 Å². The lowest BCUT2D eigenvalue weighted by Gasteiger charge is -2.35. The molecule has 5 heteroatoms. The number of primary amides is 1. The van der Waals surface area contributed by atoms with E-state index in [2.05, 4.69) is 17.0 Å². The second-order valence-corrected chi connectivity index (χ2v) is 6.95. The molecule has 0 bridgehead atoms. The molecular weight excluding hydrogens is 328 g/mol. The molecule has 0 spiro atoms. The molecule has 1 aliphatic rings. The average Bonchev–Trinajstić information content (AvgIpc) is 2.57. The number of amides is 1. The van der Waals surface area contributed by atoms with Gasteiger partial charge in [-0.25, -0.2) is 0 Å². The minimum absolute atomic E-state index is 0.301. The summed E-state index contributed by atoms with van der Waals surface area (Å²) in [7, 11) is 0. The fourth-order valence-corrected chi connectivity index (χ4v) is 3.69. The standard InChI is InChI=1S/C21H24N2O3/c1-13-8-16(9-14(2)20(13)26-15(3)24)11-23-12-18-7-5-4-6-17(18)10-19(23)21(22)25/h4-9,19H,10-12H2,1-3H3,(H2,22,25)/t19-/m0/s1. The molecule has 0 saturated heterocycles. The first-order valence-corrected chi connectivity index (χ1v) is 8.74. The van der Waals surface area contributed by atoms with Gasteiger partial charge in [0, 0.05) is 20.0 Å². The Morgan fingerprint density at radius 1 is 1.15 bits per heavy atom. The van der Waals surface area contributed by atoms with E-state index in [1.54, 1.807) is 0 Å². The molecule has 0 radical (unpaired) electrons. The highest BCUT2D eigenvalue weighted by Gasteiger charge is 2.30. The van der Waals surface area contributed by atoms with Crippen molar-refractivity contribution < 1.29 is 14.3 Å². The molecule has 0 fully saturated rings. The third kappa shape index (κ3) is 3.78. The van der Waals surface area contributed by atoms with Crippen molar-refractivity contribution in [3.63, 3.8) is 0 Å². The Morgan fingerprint density at radius 2 is 1.77 bits per heavy atom. The highest BCUT2D eigenvalue weighted by Crippen LogP contribution is 2.28. The molecule has 136 valence electrons. The number of ether oxygens (including phenoxy) is 1. The third-order valence-corrected chi connectivity index (χ3v) is 4.83. The largest absolute Gasteiger partial charge is 0.426 e. The van der Waals surface area contributed by atoms with Gasteiger partial charge in [0.05, 0.1) is 6.04 Å². The van der Waals surface area contributed by atoms with Crippen molar-refractivity contribution in [3.05, 3.63) is 64.2 Å². The van der Waals surface area contributed by atoms with Crippen LogP contribution in [0.5, 0.6) is 5.75 Å². The normalized spacial score (nSPS) is 16.8. The van der Waals surface area contributed by atoms with Crippen molar-refractivity contribution in [1.29, 1.82) is 0 Å². The number of fused-ring (bicyclic) bond motifs is 1. The maximum atomic E-state index is 12.0. The molecule has 2 aromatic carbocycles. The van der Waals surface area contributed by atoms with E-state index in [1.165, 1.54) is 18.1 Å². The number of rotatable bonds is 4. The maximum Gasteiger partial charge on any atom is 0.308 e. The Morgan fingerprint density at radius 3 is 2.35 bits per heavy atom. The Bertz CT molecular complexity index is 837. The summed E-state index contributed by atoms with van der Waals surface area (Å²) >= 11 is 0. The molecule has 5 nitrogen and oxygen atoms in total. The summed E-state index contributed by atoms with van der Waals surface area (Å²) in [5.41, 5.74) is 11.0. The molecule has 1 amide bonds. The van der Waals surface area contributed by atoms with Crippen LogP contribution in [-0.4, -0.2) is 22.8 Å². The van der Waals surface area contributed by atoms with E-state index in [-0.39, 0.29) is 17.9 Å². The Kier molecular flexibility index (Phi) is 5.09. The number of carbonyl (C=O) groups is 2. The molecule has 0 unspecified atom stereocenters. The van der Waals surface area contributed by atoms with Crippen LogP contribution in [0.15, 0.2) is 36.4 Å². The summed E-state index contributed by atoms with van der Waals surface area (Å²) in [6.07, 6.45) is 0.634. The van der Waals surface area contributed by atoms with Gasteiger partial charge in [0.25, 0.3) is 0 Å². The van der Waals surface area contributed by atoms with Crippen LogP contribution in [0.2, 0.25) is 0 Å². The Labute approximate surface area is 153 Å². The van der Waals surface area contributed by atoms with Crippen molar-refractivity contribution in [2.24, 2.45) is 5.73 Å². The van der Waals surface area contributed by atoms with E-state index in [4.69, 9.17) is 10.5 Å². The highest BCUT2D eigenvalue weighted by atomic mass is 16.5. The molecule has 26 heavy (non-hydrogen) atoms. The SMILES string of the molecule is CC(=O)Oc1c(C)cc(CN2Cc3ccccc3C[C@H]2C(N)=O)cc1C. The molecule has 1 heterocycles. The van der Waals surface area contributed by atoms with Gasteiger partial charge >= 0.3 is 5.97 Å². The number of carbonyl (C=O) groups excluding carboxylic acids is 2. The number of nitrogens with zero attached hydrogens (tertiary/aromatic N) is 1. The van der Waals surface area contributed by atoms with E-state index < -0.39 is 0 Å². The summed E-state index contributed by atoms with van der Waals surface area (Å²) in [5, 5.41) is 0. The van der Waals surface area contributed by atoms with Gasteiger partial charge in [-0.05, 0) is 48.1 Å². The molecule has 0 aromatic heterocycles. The minimum Gasteiger partial charge on any atom is -0.426 e. The molecule has 1 atom stereocenters. The number of benzene rings is 2.